The number of halogens is 2. The zero-order valence-electron chi connectivity index (χ0n) is 9.91. The molecular formula is C14H13BrClNO. The molecule has 0 aliphatic heterocycles. The van der Waals surface area contributed by atoms with Crippen molar-refractivity contribution in [2.75, 3.05) is 5.73 Å². The maximum Gasteiger partial charge on any atom is 0.121 e. The van der Waals surface area contributed by atoms with Crippen molar-refractivity contribution in [1.29, 1.82) is 0 Å². The summed E-state index contributed by atoms with van der Waals surface area (Å²) >= 11 is 9.49. The smallest absolute Gasteiger partial charge is 0.121 e. The van der Waals surface area contributed by atoms with Crippen LogP contribution in [0.25, 0.3) is 0 Å². The summed E-state index contributed by atoms with van der Waals surface area (Å²) in [5, 5.41) is 0.685. The van der Waals surface area contributed by atoms with Gasteiger partial charge in [-0.3, -0.25) is 0 Å². The van der Waals surface area contributed by atoms with Crippen LogP contribution in [0.3, 0.4) is 0 Å². The maximum absolute atomic E-state index is 6.12. The molecule has 0 saturated heterocycles. The van der Waals surface area contributed by atoms with Crippen molar-refractivity contribution < 1.29 is 4.74 Å². The van der Waals surface area contributed by atoms with E-state index in [4.69, 9.17) is 22.1 Å². The van der Waals surface area contributed by atoms with Gasteiger partial charge in [-0.2, -0.15) is 0 Å². The van der Waals surface area contributed by atoms with Crippen LogP contribution in [-0.4, -0.2) is 0 Å². The first kappa shape index (κ1) is 13.2. The van der Waals surface area contributed by atoms with Crippen molar-refractivity contribution in [1.82, 2.24) is 0 Å². The first-order chi connectivity index (χ1) is 8.56. The van der Waals surface area contributed by atoms with E-state index < -0.39 is 0 Å². The van der Waals surface area contributed by atoms with Crippen LogP contribution in [0.2, 0.25) is 5.02 Å². The molecule has 0 heterocycles. The van der Waals surface area contributed by atoms with Crippen LogP contribution in [0.1, 0.15) is 11.1 Å². The number of aryl methyl sites for hydroxylation is 1. The molecule has 2 aromatic rings. The highest BCUT2D eigenvalue weighted by Gasteiger charge is 2.03. The Morgan fingerprint density at radius 2 is 2.00 bits per heavy atom. The third-order valence-corrected chi connectivity index (χ3v) is 3.51. The molecule has 0 atom stereocenters. The van der Waals surface area contributed by atoms with E-state index in [0.29, 0.717) is 11.6 Å². The molecule has 0 saturated carbocycles. The predicted molar refractivity (Wildman–Crippen MR) is 79.1 cm³/mol. The molecule has 0 unspecified atom stereocenters. The Hall–Kier alpha value is -1.19. The summed E-state index contributed by atoms with van der Waals surface area (Å²) in [6, 6.07) is 11.4. The third kappa shape index (κ3) is 3.18. The minimum Gasteiger partial charge on any atom is -0.489 e. The Morgan fingerprint density at radius 3 is 2.67 bits per heavy atom. The molecule has 0 amide bonds. The maximum atomic E-state index is 6.12. The second kappa shape index (κ2) is 5.63. The molecule has 2 rings (SSSR count). The van der Waals surface area contributed by atoms with Gasteiger partial charge in [-0.05, 0) is 30.7 Å². The first-order valence-corrected chi connectivity index (χ1v) is 6.66. The summed E-state index contributed by atoms with van der Waals surface area (Å²) in [6.45, 7) is 2.39. The predicted octanol–water partition coefficient (Wildman–Crippen LogP) is 4.57. The molecule has 0 fully saturated rings. The highest BCUT2D eigenvalue weighted by atomic mass is 79.9. The van der Waals surface area contributed by atoms with Crippen molar-refractivity contribution in [2.45, 2.75) is 13.5 Å². The van der Waals surface area contributed by atoms with Crippen LogP contribution in [0.5, 0.6) is 5.75 Å². The highest BCUT2D eigenvalue weighted by molar-refractivity contribution is 9.10. The van der Waals surface area contributed by atoms with Crippen molar-refractivity contribution in [3.05, 3.63) is 57.0 Å². The Bertz CT molecular complexity index is 572. The number of ether oxygens (including phenoxy) is 1. The van der Waals surface area contributed by atoms with E-state index in [1.54, 1.807) is 0 Å². The molecular weight excluding hydrogens is 314 g/mol. The molecule has 18 heavy (non-hydrogen) atoms. The van der Waals surface area contributed by atoms with E-state index in [0.717, 1.165) is 27.0 Å². The zero-order chi connectivity index (χ0) is 13.1. The van der Waals surface area contributed by atoms with Crippen LogP contribution in [-0.2, 0) is 6.61 Å². The summed E-state index contributed by atoms with van der Waals surface area (Å²) in [7, 11) is 0. The fraction of sp³-hybridized carbons (Fsp3) is 0.143. The van der Waals surface area contributed by atoms with E-state index in [-0.39, 0.29) is 0 Å². The fourth-order valence-corrected chi connectivity index (χ4v) is 2.24. The Morgan fingerprint density at radius 1 is 1.22 bits per heavy atom. The average Bonchev–Trinajstić information content (AvgIpc) is 2.32. The van der Waals surface area contributed by atoms with Crippen molar-refractivity contribution in [2.24, 2.45) is 0 Å². The Labute approximate surface area is 120 Å². The third-order valence-electron chi connectivity index (χ3n) is 2.66. The molecule has 2 nitrogen and oxygen atoms in total. The van der Waals surface area contributed by atoms with Crippen molar-refractivity contribution in [3.8, 4) is 5.75 Å². The highest BCUT2D eigenvalue weighted by Crippen LogP contribution is 2.24. The lowest BCUT2D eigenvalue weighted by Crippen LogP contribution is -1.98. The molecule has 4 heteroatoms. The number of benzene rings is 2. The van der Waals surface area contributed by atoms with Gasteiger partial charge >= 0.3 is 0 Å². The molecule has 0 aliphatic rings. The monoisotopic (exact) mass is 325 g/mol. The van der Waals surface area contributed by atoms with Gasteiger partial charge < -0.3 is 10.5 Å². The molecule has 94 valence electrons. The van der Waals surface area contributed by atoms with Gasteiger partial charge in [0.25, 0.3) is 0 Å². The van der Waals surface area contributed by atoms with Crippen molar-refractivity contribution in [3.63, 3.8) is 0 Å². The normalized spacial score (nSPS) is 10.4. The number of hydrogen-bond acceptors (Lipinski definition) is 2. The number of hydrogen-bond donors (Lipinski definition) is 1. The van der Waals surface area contributed by atoms with E-state index in [9.17, 15) is 0 Å². The fourth-order valence-electron chi connectivity index (χ4n) is 1.51. The van der Waals surface area contributed by atoms with E-state index >= 15 is 0 Å². The van der Waals surface area contributed by atoms with Gasteiger partial charge in [-0.25, -0.2) is 0 Å². The van der Waals surface area contributed by atoms with Gasteiger partial charge in [0.2, 0.25) is 0 Å². The second-order valence-electron chi connectivity index (χ2n) is 4.04. The lowest BCUT2D eigenvalue weighted by molar-refractivity contribution is 0.306. The lowest BCUT2D eigenvalue weighted by Gasteiger charge is -2.09. The summed E-state index contributed by atoms with van der Waals surface area (Å²) in [5.74, 6) is 0.747. The summed E-state index contributed by atoms with van der Waals surface area (Å²) in [6.07, 6.45) is 0. The minimum atomic E-state index is 0.425. The van der Waals surface area contributed by atoms with Gasteiger partial charge in [0, 0.05) is 26.8 Å². The van der Waals surface area contributed by atoms with Crippen LogP contribution in [0.15, 0.2) is 40.9 Å². The van der Waals surface area contributed by atoms with Gasteiger partial charge in [0.1, 0.15) is 12.4 Å². The molecule has 0 bridgehead atoms. The first-order valence-electron chi connectivity index (χ1n) is 5.49. The number of nitrogen functional groups attached to an aromatic ring is 1. The SMILES string of the molecule is Cc1ccc(OCc2ccc(Br)cc2Cl)cc1N. The Balaban J connectivity index is 2.09. The Kier molecular flexibility index (Phi) is 4.15. The van der Waals surface area contributed by atoms with Crippen molar-refractivity contribution >= 4 is 33.2 Å². The van der Waals surface area contributed by atoms with Crippen LogP contribution >= 0.6 is 27.5 Å². The van der Waals surface area contributed by atoms with E-state index in [1.165, 1.54) is 0 Å². The zero-order valence-corrected chi connectivity index (χ0v) is 12.3. The van der Waals surface area contributed by atoms with Crippen LogP contribution < -0.4 is 10.5 Å². The second-order valence-corrected chi connectivity index (χ2v) is 5.37. The topological polar surface area (TPSA) is 35.2 Å². The van der Waals surface area contributed by atoms with Crippen LogP contribution in [0.4, 0.5) is 5.69 Å². The number of rotatable bonds is 3. The van der Waals surface area contributed by atoms with Crippen LogP contribution in [0, 0.1) is 6.92 Å². The average molecular weight is 327 g/mol. The molecule has 0 aliphatic carbocycles. The standard InChI is InChI=1S/C14H13BrClNO/c1-9-2-5-12(7-14(9)17)18-8-10-3-4-11(15)6-13(10)16/h2-7H,8,17H2,1H3. The van der Waals surface area contributed by atoms with E-state index in [1.807, 2.05) is 43.3 Å². The largest absolute Gasteiger partial charge is 0.489 e. The van der Waals surface area contributed by atoms with E-state index in [2.05, 4.69) is 15.9 Å². The van der Waals surface area contributed by atoms with Gasteiger partial charge in [-0.15, -0.1) is 0 Å². The minimum absolute atomic E-state index is 0.425. The molecule has 2 aromatic carbocycles. The summed E-state index contributed by atoms with van der Waals surface area (Å²) in [4.78, 5) is 0. The quantitative estimate of drug-likeness (QED) is 0.838. The summed E-state index contributed by atoms with van der Waals surface area (Å²) in [5.41, 5.74) is 8.55. The molecule has 2 N–H and O–H groups in total. The van der Waals surface area contributed by atoms with Gasteiger partial charge in [-0.1, -0.05) is 39.7 Å². The van der Waals surface area contributed by atoms with Gasteiger partial charge in [0.15, 0.2) is 0 Å². The van der Waals surface area contributed by atoms with Gasteiger partial charge in [0.05, 0.1) is 0 Å². The number of anilines is 1. The number of nitrogens with two attached hydrogens (primary N) is 1. The molecule has 0 aromatic heterocycles. The lowest BCUT2D eigenvalue weighted by atomic mass is 10.2. The molecule has 0 spiro atoms. The summed E-state index contributed by atoms with van der Waals surface area (Å²) < 4.78 is 6.62. The molecule has 0 radical (unpaired) electrons.